The molecule has 2 aliphatic rings. The zero-order valence-corrected chi connectivity index (χ0v) is 18.0. The first kappa shape index (κ1) is 18.3. The lowest BCUT2D eigenvalue weighted by molar-refractivity contribution is 0.436. The molecule has 2 heteroatoms. The second-order valence-electron chi connectivity index (χ2n) is 8.78. The third-order valence-electron chi connectivity index (χ3n) is 7.07. The predicted molar refractivity (Wildman–Crippen MR) is 134 cm³/mol. The number of fused-ring (bicyclic) bond motifs is 9. The summed E-state index contributed by atoms with van der Waals surface area (Å²) in [5.41, 5.74) is 16.2. The van der Waals surface area contributed by atoms with Crippen molar-refractivity contribution in [2.75, 3.05) is 5.73 Å². The highest BCUT2D eigenvalue weighted by Gasteiger charge is 2.50. The maximum atomic E-state index is 6.41. The van der Waals surface area contributed by atoms with Crippen molar-refractivity contribution in [1.82, 2.24) is 0 Å². The normalized spacial score (nSPS) is 14.1. The molecule has 0 bridgehead atoms. The van der Waals surface area contributed by atoms with E-state index in [-0.39, 0.29) is 0 Å². The number of benzene rings is 5. The first-order valence-electron chi connectivity index (χ1n) is 11.2. The van der Waals surface area contributed by atoms with Gasteiger partial charge in [-0.15, -0.1) is 0 Å². The number of hydrogen-bond donors (Lipinski definition) is 1. The number of nitrogens with two attached hydrogens (primary N) is 1. The molecular weight excluding hydrogens is 402 g/mol. The Balaban J connectivity index is 1.63. The van der Waals surface area contributed by atoms with Crippen LogP contribution in [0.3, 0.4) is 0 Å². The van der Waals surface area contributed by atoms with Crippen LogP contribution in [0.25, 0.3) is 22.3 Å². The molecule has 7 rings (SSSR count). The smallest absolute Gasteiger partial charge is 0.132 e. The van der Waals surface area contributed by atoms with Crippen LogP contribution in [0.4, 0.5) is 5.69 Å². The third kappa shape index (κ3) is 2.38. The molecule has 1 aliphatic carbocycles. The van der Waals surface area contributed by atoms with Gasteiger partial charge in [-0.3, -0.25) is 0 Å². The van der Waals surface area contributed by atoms with Crippen LogP contribution < -0.4 is 10.5 Å². The van der Waals surface area contributed by atoms with Gasteiger partial charge in [-0.05, 0) is 63.7 Å². The summed E-state index contributed by atoms with van der Waals surface area (Å²) in [5, 5.41) is 0. The summed E-state index contributed by atoms with van der Waals surface area (Å²) in [7, 11) is 0. The summed E-state index contributed by atoms with van der Waals surface area (Å²) in [6, 6.07) is 40.6. The van der Waals surface area contributed by atoms with Crippen LogP contribution in [0.1, 0.15) is 22.3 Å². The molecule has 1 spiro atoms. The topological polar surface area (TPSA) is 35.2 Å². The van der Waals surface area contributed by atoms with E-state index in [9.17, 15) is 0 Å². The van der Waals surface area contributed by atoms with Crippen molar-refractivity contribution in [2.24, 2.45) is 0 Å². The second-order valence-corrected chi connectivity index (χ2v) is 8.78. The number of para-hydroxylation sites is 2. The molecule has 5 aromatic rings. The molecule has 0 aromatic heterocycles. The number of hydrogen-bond acceptors (Lipinski definition) is 2. The minimum absolute atomic E-state index is 0.437. The minimum Gasteiger partial charge on any atom is -0.457 e. The molecule has 0 saturated carbocycles. The fourth-order valence-electron chi connectivity index (χ4n) is 5.75. The van der Waals surface area contributed by atoms with Gasteiger partial charge in [-0.1, -0.05) is 84.9 Å². The second kappa shape index (κ2) is 6.60. The predicted octanol–water partition coefficient (Wildman–Crippen LogP) is 7.40. The van der Waals surface area contributed by atoms with Crippen LogP contribution in [0.2, 0.25) is 0 Å². The van der Waals surface area contributed by atoms with Crippen LogP contribution in [0.5, 0.6) is 11.5 Å². The number of nitrogen functional groups attached to an aromatic ring is 1. The van der Waals surface area contributed by atoms with E-state index in [1.807, 2.05) is 30.3 Å². The lowest BCUT2D eigenvalue weighted by Gasteiger charge is -2.39. The molecule has 156 valence electrons. The van der Waals surface area contributed by atoms with Gasteiger partial charge in [0.05, 0.1) is 5.41 Å². The van der Waals surface area contributed by atoms with E-state index in [1.165, 1.54) is 33.4 Å². The van der Waals surface area contributed by atoms with Gasteiger partial charge < -0.3 is 10.5 Å². The van der Waals surface area contributed by atoms with Crippen LogP contribution in [0.15, 0.2) is 115 Å². The van der Waals surface area contributed by atoms with Crippen molar-refractivity contribution in [3.05, 3.63) is 138 Å². The molecule has 1 heterocycles. The van der Waals surface area contributed by atoms with E-state index in [0.717, 1.165) is 28.3 Å². The van der Waals surface area contributed by atoms with Crippen LogP contribution >= 0.6 is 0 Å². The average Bonchev–Trinajstić information content (AvgIpc) is 3.15. The standard InChI is InChI=1S/C31H21NO/c32-22-9-7-8-20(18-22)21-16-17-24-23-10-1-2-11-25(23)31(28(24)19-21)26-12-3-5-14-29(26)33-30-15-6-4-13-27(30)31/h1-19H,32H2. The van der Waals surface area contributed by atoms with E-state index < -0.39 is 5.41 Å². The fourth-order valence-corrected chi connectivity index (χ4v) is 5.75. The first-order chi connectivity index (χ1) is 16.3. The van der Waals surface area contributed by atoms with Gasteiger partial charge in [0.1, 0.15) is 11.5 Å². The minimum atomic E-state index is -0.437. The summed E-state index contributed by atoms with van der Waals surface area (Å²) in [6.45, 7) is 0. The lowest BCUT2D eigenvalue weighted by atomic mass is 9.66. The SMILES string of the molecule is Nc1cccc(-c2ccc3c(c2)C2(c4ccccc4Oc4ccccc42)c2ccccc2-3)c1. The Labute approximate surface area is 192 Å². The molecule has 2 N–H and O–H groups in total. The fraction of sp³-hybridized carbons (Fsp3) is 0.0323. The Kier molecular flexibility index (Phi) is 3.66. The van der Waals surface area contributed by atoms with Crippen LogP contribution in [0, 0.1) is 0 Å². The molecule has 0 fully saturated rings. The van der Waals surface area contributed by atoms with Gasteiger partial charge in [0, 0.05) is 16.8 Å². The third-order valence-corrected chi connectivity index (χ3v) is 7.07. The van der Waals surface area contributed by atoms with E-state index in [1.54, 1.807) is 0 Å². The van der Waals surface area contributed by atoms with E-state index >= 15 is 0 Å². The van der Waals surface area contributed by atoms with Gasteiger partial charge in [0.2, 0.25) is 0 Å². The van der Waals surface area contributed by atoms with Crippen LogP contribution in [-0.4, -0.2) is 0 Å². The van der Waals surface area contributed by atoms with Crippen molar-refractivity contribution < 1.29 is 4.74 Å². The molecule has 0 amide bonds. The quantitative estimate of drug-likeness (QED) is 0.279. The van der Waals surface area contributed by atoms with Gasteiger partial charge >= 0.3 is 0 Å². The zero-order valence-electron chi connectivity index (χ0n) is 18.0. The molecule has 2 nitrogen and oxygen atoms in total. The maximum Gasteiger partial charge on any atom is 0.132 e. The van der Waals surface area contributed by atoms with Crippen molar-refractivity contribution in [3.63, 3.8) is 0 Å². The van der Waals surface area contributed by atoms with Gasteiger partial charge in [-0.2, -0.15) is 0 Å². The monoisotopic (exact) mass is 423 g/mol. The van der Waals surface area contributed by atoms with Crippen molar-refractivity contribution in [2.45, 2.75) is 5.41 Å². The summed E-state index contributed by atoms with van der Waals surface area (Å²) in [6.07, 6.45) is 0. The van der Waals surface area contributed by atoms with Crippen molar-refractivity contribution in [1.29, 1.82) is 0 Å². The van der Waals surface area contributed by atoms with Gasteiger partial charge in [0.15, 0.2) is 0 Å². The highest BCUT2D eigenvalue weighted by Crippen LogP contribution is 2.62. The maximum absolute atomic E-state index is 6.41. The van der Waals surface area contributed by atoms with E-state index in [0.29, 0.717) is 0 Å². The largest absolute Gasteiger partial charge is 0.457 e. The number of anilines is 1. The molecular formula is C31H21NO. The van der Waals surface area contributed by atoms with Crippen LogP contribution in [-0.2, 0) is 5.41 Å². The van der Waals surface area contributed by atoms with Crippen molar-refractivity contribution in [3.8, 4) is 33.8 Å². The highest BCUT2D eigenvalue weighted by atomic mass is 16.5. The molecule has 0 saturated heterocycles. The molecule has 33 heavy (non-hydrogen) atoms. The Morgan fingerprint density at radius 3 is 1.82 bits per heavy atom. The summed E-state index contributed by atoms with van der Waals surface area (Å²) in [4.78, 5) is 0. The number of rotatable bonds is 1. The molecule has 5 aromatic carbocycles. The lowest BCUT2D eigenvalue weighted by Crippen LogP contribution is -2.32. The molecule has 1 aliphatic heterocycles. The van der Waals surface area contributed by atoms with Gasteiger partial charge in [-0.25, -0.2) is 0 Å². The van der Waals surface area contributed by atoms with E-state index in [2.05, 4.69) is 84.9 Å². The summed E-state index contributed by atoms with van der Waals surface area (Å²) >= 11 is 0. The first-order valence-corrected chi connectivity index (χ1v) is 11.2. The Bertz CT molecular complexity index is 1520. The highest BCUT2D eigenvalue weighted by molar-refractivity contribution is 5.90. The molecule has 0 radical (unpaired) electrons. The van der Waals surface area contributed by atoms with Gasteiger partial charge in [0.25, 0.3) is 0 Å². The van der Waals surface area contributed by atoms with E-state index in [4.69, 9.17) is 10.5 Å². The summed E-state index contributed by atoms with van der Waals surface area (Å²) < 4.78 is 6.41. The molecule has 0 atom stereocenters. The summed E-state index contributed by atoms with van der Waals surface area (Å²) in [5.74, 6) is 1.82. The number of ether oxygens (including phenoxy) is 1. The Morgan fingerprint density at radius 1 is 0.485 bits per heavy atom. The zero-order chi connectivity index (χ0) is 22.0. The molecule has 0 unspecified atom stereocenters. The average molecular weight is 424 g/mol. The van der Waals surface area contributed by atoms with Crippen molar-refractivity contribution >= 4 is 5.69 Å². The Hall–Kier alpha value is -4.30. The Morgan fingerprint density at radius 2 is 1.09 bits per heavy atom.